The van der Waals surface area contributed by atoms with Gasteiger partial charge in [-0.25, -0.2) is 0 Å². The van der Waals surface area contributed by atoms with E-state index in [4.69, 9.17) is 11.6 Å². The highest BCUT2D eigenvalue weighted by Crippen LogP contribution is 2.43. The summed E-state index contributed by atoms with van der Waals surface area (Å²) in [6, 6.07) is 17.7. The highest BCUT2D eigenvalue weighted by molar-refractivity contribution is 6.43. The second-order valence-corrected chi connectivity index (χ2v) is 9.06. The van der Waals surface area contributed by atoms with E-state index >= 15 is 0 Å². The maximum atomic E-state index is 7.11. The highest BCUT2D eigenvalue weighted by atomic mass is 35.5. The average Bonchev–Trinajstić information content (AvgIpc) is 3.38. The minimum atomic E-state index is 0.616. The van der Waals surface area contributed by atoms with Gasteiger partial charge >= 0.3 is 0 Å². The van der Waals surface area contributed by atoms with E-state index in [0.29, 0.717) is 5.92 Å². The van der Waals surface area contributed by atoms with Crippen molar-refractivity contribution in [3.8, 4) is 0 Å². The van der Waals surface area contributed by atoms with Crippen molar-refractivity contribution in [1.29, 1.82) is 0 Å². The van der Waals surface area contributed by atoms with E-state index in [1.54, 1.807) is 0 Å². The number of nitrogens with zero attached hydrogens (tertiary/aromatic N) is 2. The molecule has 1 unspecified atom stereocenters. The van der Waals surface area contributed by atoms with E-state index in [1.165, 1.54) is 52.3 Å². The summed E-state index contributed by atoms with van der Waals surface area (Å²) in [5.74, 6) is 0.616. The summed E-state index contributed by atoms with van der Waals surface area (Å²) >= 11 is 7.11. The van der Waals surface area contributed by atoms with Gasteiger partial charge in [-0.05, 0) is 54.9 Å². The van der Waals surface area contributed by atoms with Gasteiger partial charge in [0.1, 0.15) is 5.03 Å². The molecule has 2 heterocycles. The van der Waals surface area contributed by atoms with Crippen LogP contribution in [0.25, 0.3) is 0 Å². The van der Waals surface area contributed by atoms with Gasteiger partial charge in [-0.1, -0.05) is 48.0 Å². The molecule has 6 rings (SSSR count). The first-order chi connectivity index (χ1) is 14.3. The minimum Gasteiger partial charge on any atom is -0.345 e. The van der Waals surface area contributed by atoms with E-state index in [0.717, 1.165) is 43.8 Å². The zero-order valence-electron chi connectivity index (χ0n) is 16.7. The molecule has 4 aliphatic rings. The first-order valence-electron chi connectivity index (χ1n) is 11.0. The van der Waals surface area contributed by atoms with Crippen LogP contribution in [0.5, 0.6) is 0 Å². The van der Waals surface area contributed by atoms with Crippen molar-refractivity contribution < 1.29 is 4.58 Å². The summed E-state index contributed by atoms with van der Waals surface area (Å²) in [7, 11) is 0. The molecule has 0 saturated carbocycles. The van der Waals surface area contributed by atoms with Crippen LogP contribution < -0.4 is 4.90 Å². The summed E-state index contributed by atoms with van der Waals surface area (Å²) in [4.78, 5) is 2.53. The third kappa shape index (κ3) is 2.80. The lowest BCUT2D eigenvalue weighted by Gasteiger charge is -2.33. The van der Waals surface area contributed by atoms with Crippen LogP contribution in [0.3, 0.4) is 0 Å². The minimum absolute atomic E-state index is 0.616. The number of halogens is 1. The Bertz CT molecular complexity index is 1090. The molecule has 1 atom stereocenters. The Labute approximate surface area is 177 Å². The highest BCUT2D eigenvalue weighted by Gasteiger charge is 2.36. The molecule has 0 radical (unpaired) electrons. The molecule has 2 aliphatic heterocycles. The summed E-state index contributed by atoms with van der Waals surface area (Å²) in [5, 5.41) is 1.02. The molecule has 29 heavy (non-hydrogen) atoms. The number of hydrogen-bond donors (Lipinski definition) is 0. The molecule has 0 aromatic heterocycles. The Morgan fingerprint density at radius 3 is 2.59 bits per heavy atom. The number of allylic oxidation sites excluding steroid dienone is 4. The Morgan fingerprint density at radius 1 is 0.862 bits per heavy atom. The van der Waals surface area contributed by atoms with Crippen molar-refractivity contribution in [2.45, 2.75) is 38.5 Å². The van der Waals surface area contributed by atoms with Gasteiger partial charge in [-0.2, -0.15) is 4.58 Å². The van der Waals surface area contributed by atoms with E-state index in [2.05, 4.69) is 64.1 Å². The fourth-order valence-corrected chi connectivity index (χ4v) is 6.10. The fourth-order valence-electron chi connectivity index (χ4n) is 5.70. The van der Waals surface area contributed by atoms with Crippen molar-refractivity contribution in [2.24, 2.45) is 5.92 Å². The number of anilines is 1. The molecule has 0 fully saturated rings. The van der Waals surface area contributed by atoms with Crippen molar-refractivity contribution in [1.82, 2.24) is 0 Å². The number of benzene rings is 2. The molecule has 3 heteroatoms. The van der Waals surface area contributed by atoms with Crippen LogP contribution in [0.1, 0.15) is 36.8 Å². The Kier molecular flexibility index (Phi) is 4.16. The first-order valence-corrected chi connectivity index (χ1v) is 11.3. The monoisotopic (exact) mass is 401 g/mol. The predicted molar refractivity (Wildman–Crippen MR) is 120 cm³/mol. The van der Waals surface area contributed by atoms with E-state index in [9.17, 15) is 0 Å². The van der Waals surface area contributed by atoms with E-state index in [1.807, 2.05) is 0 Å². The smallest absolute Gasteiger partial charge is 0.208 e. The molecule has 0 bridgehead atoms. The first kappa shape index (κ1) is 17.5. The quantitative estimate of drug-likeness (QED) is 0.533. The number of fused-ring (bicyclic) bond motifs is 3. The molecule has 0 N–H and O–H groups in total. The Balaban J connectivity index is 1.42. The maximum Gasteiger partial charge on any atom is 0.208 e. The van der Waals surface area contributed by atoms with Crippen LogP contribution in [0.4, 0.5) is 11.4 Å². The third-order valence-corrected chi connectivity index (χ3v) is 7.63. The van der Waals surface area contributed by atoms with Crippen LogP contribution >= 0.6 is 11.6 Å². The van der Waals surface area contributed by atoms with Crippen molar-refractivity contribution >= 4 is 28.7 Å². The standard InChI is InChI=1S/C26H26ClN2/c27-26-22-17-21(28-15-13-19-5-1-3-7-23(19)28)11-9-18(22)10-12-25(26)29-16-14-20-6-2-4-8-24(20)29/h1-8,17-18H,9-16H2/q+1. The van der Waals surface area contributed by atoms with E-state index in [-0.39, 0.29) is 0 Å². The summed E-state index contributed by atoms with van der Waals surface area (Å²) in [6.45, 7) is 2.15. The molecule has 2 aromatic carbocycles. The van der Waals surface area contributed by atoms with Gasteiger partial charge < -0.3 is 4.90 Å². The average molecular weight is 402 g/mol. The predicted octanol–water partition coefficient (Wildman–Crippen LogP) is 5.97. The molecule has 146 valence electrons. The zero-order chi connectivity index (χ0) is 19.4. The topological polar surface area (TPSA) is 6.25 Å². The molecule has 2 aromatic rings. The molecule has 2 aliphatic carbocycles. The summed E-state index contributed by atoms with van der Waals surface area (Å²) in [6.07, 6.45) is 9.39. The lowest BCUT2D eigenvalue weighted by atomic mass is 9.79. The van der Waals surface area contributed by atoms with Gasteiger partial charge in [-0.3, -0.25) is 0 Å². The van der Waals surface area contributed by atoms with Crippen LogP contribution in [0.15, 0.2) is 70.9 Å². The van der Waals surface area contributed by atoms with Gasteiger partial charge in [0.2, 0.25) is 11.4 Å². The van der Waals surface area contributed by atoms with E-state index < -0.39 is 0 Å². The van der Waals surface area contributed by atoms with Crippen LogP contribution in [-0.4, -0.2) is 23.4 Å². The molecular weight excluding hydrogens is 376 g/mol. The Hall–Kier alpha value is -2.32. The van der Waals surface area contributed by atoms with Gasteiger partial charge in [0.25, 0.3) is 0 Å². The largest absolute Gasteiger partial charge is 0.345 e. The molecule has 0 saturated heterocycles. The summed E-state index contributed by atoms with van der Waals surface area (Å²) in [5.41, 5.74) is 9.83. The van der Waals surface area contributed by atoms with Gasteiger partial charge in [0, 0.05) is 42.4 Å². The Morgan fingerprint density at radius 2 is 1.66 bits per heavy atom. The second kappa shape index (κ2) is 6.88. The van der Waals surface area contributed by atoms with Crippen molar-refractivity contribution in [2.75, 3.05) is 18.0 Å². The molecule has 2 nitrogen and oxygen atoms in total. The lowest BCUT2D eigenvalue weighted by molar-refractivity contribution is -0.430. The van der Waals surface area contributed by atoms with Crippen molar-refractivity contribution in [3.05, 3.63) is 82.0 Å². The van der Waals surface area contributed by atoms with Gasteiger partial charge in [-0.15, -0.1) is 0 Å². The fraction of sp³-hybridized carbons (Fsp3) is 0.346. The van der Waals surface area contributed by atoms with Crippen LogP contribution in [-0.2, 0) is 12.8 Å². The number of para-hydroxylation sites is 2. The van der Waals surface area contributed by atoms with Crippen molar-refractivity contribution in [3.63, 3.8) is 0 Å². The zero-order valence-corrected chi connectivity index (χ0v) is 17.5. The molecule has 0 amide bonds. The normalized spacial score (nSPS) is 25.6. The van der Waals surface area contributed by atoms with Crippen LogP contribution in [0.2, 0.25) is 0 Å². The summed E-state index contributed by atoms with van der Waals surface area (Å²) < 4.78 is 2.48. The maximum absolute atomic E-state index is 7.11. The van der Waals surface area contributed by atoms with Gasteiger partial charge in [0.15, 0.2) is 6.54 Å². The molecule has 0 spiro atoms. The number of rotatable bonds is 1. The molecular formula is C26H26ClN2+. The second-order valence-electron chi connectivity index (χ2n) is 8.69. The number of hydrogen-bond acceptors (Lipinski definition) is 1. The van der Waals surface area contributed by atoms with Crippen LogP contribution in [0, 0.1) is 5.92 Å². The third-order valence-electron chi connectivity index (χ3n) is 7.19. The lowest BCUT2D eigenvalue weighted by Crippen LogP contribution is -2.28. The SMILES string of the molecule is ClC1=C2C=C(N3CCc4ccccc43)CCC2CC/C1=[N+]1/CCc2ccccc21. The van der Waals surface area contributed by atoms with Gasteiger partial charge in [0.05, 0.1) is 0 Å².